The average molecular weight is 1170 g/mol. The Balaban J connectivity index is 3.47. The molecule has 0 aliphatic carbocycles. The van der Waals surface area contributed by atoms with Crippen molar-refractivity contribution in [3.63, 3.8) is 0 Å². The summed E-state index contributed by atoms with van der Waals surface area (Å²) in [5.74, 6) is -7.06. The highest BCUT2D eigenvalue weighted by molar-refractivity contribution is 7.80. The van der Waals surface area contributed by atoms with Gasteiger partial charge in [-0.1, -0.05) is 71.1 Å². The summed E-state index contributed by atoms with van der Waals surface area (Å²) in [7, 11) is 0. The van der Waals surface area contributed by atoms with Crippen molar-refractivity contribution >= 4 is 82.4 Å². The number of aliphatic hydroxyl groups is 1. The van der Waals surface area contributed by atoms with Crippen LogP contribution in [0, 0.1) is 0 Å². The molecule has 1 aliphatic rings. The normalized spacial score (nSPS) is 20.5. The van der Waals surface area contributed by atoms with Gasteiger partial charge in [0.15, 0.2) is 17.1 Å². The lowest BCUT2D eigenvalue weighted by atomic mass is 10.0. The van der Waals surface area contributed by atoms with Crippen LogP contribution in [0.1, 0.15) is 188 Å². The summed E-state index contributed by atoms with van der Waals surface area (Å²) in [5, 5.41) is 50.4. The van der Waals surface area contributed by atoms with Gasteiger partial charge in [0.1, 0.15) is 24.2 Å². The van der Waals surface area contributed by atoms with Crippen molar-refractivity contribution in [3.05, 3.63) is 0 Å². The van der Waals surface area contributed by atoms with Crippen LogP contribution in [0.5, 0.6) is 0 Å². The zero-order valence-corrected chi connectivity index (χ0v) is 49.1. The molecule has 1 fully saturated rings. The van der Waals surface area contributed by atoms with Crippen LogP contribution in [0.2, 0.25) is 0 Å². The monoisotopic (exact) mass is 1170 g/mol. The first-order valence-corrected chi connectivity index (χ1v) is 29.7. The van der Waals surface area contributed by atoms with Crippen molar-refractivity contribution in [1.82, 2.24) is 58.5 Å². The molecule has 0 saturated carbocycles. The predicted octanol–water partition coefficient (Wildman–Crippen LogP) is 0.274. The second-order valence-electron chi connectivity index (χ2n) is 20.6. The van der Waals surface area contributed by atoms with Crippen LogP contribution < -0.4 is 70.0 Å². The number of unbranched alkanes of at least 4 members (excludes halogenated alkanes) is 9. The third kappa shape index (κ3) is 38.1. The fourth-order valence-electron chi connectivity index (χ4n) is 8.65. The zero-order chi connectivity index (χ0) is 60.2. The topological polar surface area (TPSA) is 408 Å². The molecule has 0 aromatic rings. The Hall–Kier alpha value is -6.38. The lowest BCUT2D eigenvalue weighted by Crippen LogP contribution is -2.59. The molecular formula is C54H98N14O12S. The zero-order valence-electron chi connectivity index (χ0n) is 48.3. The number of carbonyl (C=O) groups is 10. The molecule has 0 bridgehead atoms. The number of hydrogen-bond acceptors (Lipinski definition) is 13. The lowest BCUT2D eigenvalue weighted by molar-refractivity contribution is -0.145. The molecule has 0 spiro atoms. The molecule has 1 rings (SSSR count). The van der Waals surface area contributed by atoms with E-state index in [4.69, 9.17) is 23.7 Å². The van der Waals surface area contributed by atoms with E-state index >= 15 is 0 Å². The highest BCUT2D eigenvalue weighted by Gasteiger charge is 2.33. The maximum atomic E-state index is 14.4. The Labute approximate surface area is 483 Å². The number of rotatable bonds is 24. The van der Waals surface area contributed by atoms with Crippen LogP contribution in [0.4, 0.5) is 0 Å². The first kappa shape index (κ1) is 72.6. The van der Waals surface area contributed by atoms with E-state index in [-0.39, 0.29) is 108 Å². The Bertz CT molecular complexity index is 1980. The number of carbonyl (C=O) groups excluding carboxylic acids is 9. The van der Waals surface area contributed by atoms with Crippen LogP contribution in [-0.2, 0) is 47.9 Å². The van der Waals surface area contributed by atoms with Gasteiger partial charge in [0.05, 0.1) is 19.2 Å². The molecule has 81 heavy (non-hydrogen) atoms. The average Bonchev–Trinajstić information content (AvgIpc) is 3.41. The van der Waals surface area contributed by atoms with E-state index in [2.05, 4.69) is 70.4 Å². The molecule has 9 amide bonds. The van der Waals surface area contributed by atoms with E-state index in [1.165, 1.54) is 52.4 Å². The minimum Gasteiger partial charge on any atom is -0.480 e. The van der Waals surface area contributed by atoms with Gasteiger partial charge >= 0.3 is 5.97 Å². The van der Waals surface area contributed by atoms with Gasteiger partial charge < -0.3 is 80.2 Å². The molecule has 1 saturated heterocycles. The highest BCUT2D eigenvalue weighted by Crippen LogP contribution is 2.12. The number of nitrogens with one attached hydrogen (secondary N) is 11. The van der Waals surface area contributed by atoms with Gasteiger partial charge in [0.2, 0.25) is 53.2 Å². The fourth-order valence-corrected chi connectivity index (χ4v) is 8.85. The predicted molar refractivity (Wildman–Crippen MR) is 312 cm³/mol. The number of nitrogens with two attached hydrogens (primary N) is 2. The van der Waals surface area contributed by atoms with E-state index in [0.29, 0.717) is 69.6 Å². The lowest BCUT2D eigenvalue weighted by Gasteiger charge is -2.27. The molecule has 26 nitrogen and oxygen atoms in total. The largest absolute Gasteiger partial charge is 0.480 e. The minimum absolute atomic E-state index is 0.0202. The number of guanidine groups is 1. The molecule has 1 aliphatic heterocycles. The molecule has 0 radical (unpaired) electrons. The molecular weight excluding hydrogens is 1070 g/mol. The number of thiocarbonyl (C=S) groups is 1. The maximum Gasteiger partial charge on any atom is 0.328 e. The number of carboxylic acid groups (broad SMARTS) is 1. The number of aliphatic imine (C=N–C) groups is 1. The Morgan fingerprint density at radius 2 is 1.12 bits per heavy atom. The summed E-state index contributed by atoms with van der Waals surface area (Å²) in [6.07, 6.45) is 14.2. The van der Waals surface area contributed by atoms with E-state index in [9.17, 15) is 58.2 Å². The van der Waals surface area contributed by atoms with Crippen molar-refractivity contribution in [3.8, 4) is 0 Å². The Morgan fingerprint density at radius 1 is 0.630 bits per heavy atom. The van der Waals surface area contributed by atoms with Gasteiger partial charge in [0, 0.05) is 52.5 Å². The highest BCUT2D eigenvalue weighted by atomic mass is 32.1. The van der Waals surface area contributed by atoms with Crippen LogP contribution >= 0.6 is 12.2 Å². The SMILES string of the molecule is CCCCCCCCCCCNC(=S)NCCCC[C@@H]1NC(=O)[C@H](CCCN=C(N)N)NC(=O)[C@@H](NC(C)=O)CCCCNC(=O)CNC(=O)CCCCCCC(=O)NCC(=O)NCCCC[C@@H](C(=O)N[C@H](C(=O)O)[C@@H](C)O)NC1=O. The number of amides is 9. The van der Waals surface area contributed by atoms with Crippen LogP contribution in [0.15, 0.2) is 4.99 Å². The van der Waals surface area contributed by atoms with Crippen LogP contribution in [0.3, 0.4) is 0 Å². The standard InChI is InChI=1S/C54H98N14O12S/c1-4-5-6-7-8-9-10-13-19-32-60-54(81)61-33-22-18-25-40-49(76)66-41(51(78)68-47(37(2)69)52(79)80)26-17-21-31-58-46(74)36-63-44(72)29-15-12-11-14-28-43(71)62-35-45(73)57-30-20-16-24-39(64-38(3)70)48(75)67-42(50(77)65-40)27-23-34-59-53(55)56/h37,39-42,47,69H,4-36H2,1-3H3,(H,57,73)(H,58,74)(H,62,71)(H,63,72)(H,64,70)(H,65,77)(H,66,76)(H,67,75)(H,68,78)(H,79,80)(H4,55,56,59)(H2,60,61,81)/t37-,39+,40+,41+,42+,47+/m1/s1. The number of carboxylic acids is 1. The van der Waals surface area contributed by atoms with E-state index in [1.54, 1.807) is 0 Å². The van der Waals surface area contributed by atoms with E-state index < -0.39 is 83.6 Å². The van der Waals surface area contributed by atoms with Gasteiger partial charge in [-0.15, -0.1) is 0 Å². The van der Waals surface area contributed by atoms with Crippen LogP contribution in [0.25, 0.3) is 0 Å². The van der Waals surface area contributed by atoms with Crippen molar-refractivity contribution in [2.75, 3.05) is 45.8 Å². The summed E-state index contributed by atoms with van der Waals surface area (Å²) in [6, 6.07) is -6.90. The second-order valence-corrected chi connectivity index (χ2v) is 21.0. The van der Waals surface area contributed by atoms with E-state index in [1.807, 2.05) is 0 Å². The molecule has 0 aromatic carbocycles. The van der Waals surface area contributed by atoms with E-state index in [0.717, 1.165) is 19.3 Å². The van der Waals surface area contributed by atoms with Crippen molar-refractivity contribution < 1.29 is 58.2 Å². The van der Waals surface area contributed by atoms with Crippen LogP contribution in [-0.4, -0.2) is 163 Å². The maximum absolute atomic E-state index is 14.4. The van der Waals surface area contributed by atoms with Crippen molar-refractivity contribution in [2.45, 2.75) is 224 Å². The van der Waals surface area contributed by atoms with Gasteiger partial charge in [-0.25, -0.2) is 4.79 Å². The first-order chi connectivity index (χ1) is 38.7. The van der Waals surface area contributed by atoms with Gasteiger partial charge in [-0.05, 0) is 109 Å². The Kier molecular flexibility index (Phi) is 40.6. The smallest absolute Gasteiger partial charge is 0.328 e. The number of nitrogens with zero attached hydrogens (tertiary/aromatic N) is 1. The molecule has 17 N–H and O–H groups in total. The van der Waals surface area contributed by atoms with Gasteiger partial charge in [0.25, 0.3) is 0 Å². The molecule has 462 valence electrons. The summed E-state index contributed by atoms with van der Waals surface area (Å²) in [5.41, 5.74) is 11.1. The third-order valence-electron chi connectivity index (χ3n) is 13.3. The summed E-state index contributed by atoms with van der Waals surface area (Å²) in [6.45, 7) is 5.59. The Morgan fingerprint density at radius 3 is 1.64 bits per heavy atom. The number of aliphatic hydroxyl groups excluding tert-OH is 1. The molecule has 27 heteroatoms. The van der Waals surface area contributed by atoms with Crippen molar-refractivity contribution in [1.29, 1.82) is 0 Å². The van der Waals surface area contributed by atoms with Gasteiger partial charge in [-0.3, -0.25) is 48.1 Å². The summed E-state index contributed by atoms with van der Waals surface area (Å²) < 4.78 is 0. The molecule has 6 atom stereocenters. The quantitative estimate of drug-likeness (QED) is 0.0267. The molecule has 0 aromatic heterocycles. The van der Waals surface area contributed by atoms with Crippen molar-refractivity contribution in [2.24, 2.45) is 16.5 Å². The number of aliphatic carboxylic acids is 1. The first-order valence-electron chi connectivity index (χ1n) is 29.3. The third-order valence-corrected chi connectivity index (χ3v) is 13.6. The number of hydrogen-bond donors (Lipinski definition) is 15. The minimum atomic E-state index is -1.74. The molecule has 0 unspecified atom stereocenters. The summed E-state index contributed by atoms with van der Waals surface area (Å²) >= 11 is 5.50. The summed E-state index contributed by atoms with van der Waals surface area (Å²) in [4.78, 5) is 135. The van der Waals surface area contributed by atoms with Gasteiger partial charge in [-0.2, -0.15) is 0 Å². The second kappa shape index (κ2) is 45.3. The molecule has 1 heterocycles. The fraction of sp³-hybridized carbons (Fsp3) is 0.778.